The van der Waals surface area contributed by atoms with Gasteiger partial charge in [0.1, 0.15) is 11.3 Å². The molecule has 0 atom stereocenters. The van der Waals surface area contributed by atoms with Gasteiger partial charge in [-0.1, -0.05) is 0 Å². The first-order valence-corrected chi connectivity index (χ1v) is 3.59. The first-order chi connectivity index (χ1) is 5.90. The normalized spacial score (nSPS) is 9.92. The lowest BCUT2D eigenvalue weighted by Gasteiger charge is -1.82. The lowest BCUT2D eigenvalue weighted by molar-refractivity contribution is 0.567. The SMILES string of the molecule is N#CCc1cc2cnccc2o1. The molecular weight excluding hydrogens is 152 g/mol. The predicted molar refractivity (Wildman–Crippen MR) is 43.3 cm³/mol. The van der Waals surface area contributed by atoms with E-state index in [1.807, 2.05) is 12.1 Å². The second kappa shape index (κ2) is 2.67. The van der Waals surface area contributed by atoms with Crippen molar-refractivity contribution in [3.63, 3.8) is 0 Å². The minimum Gasteiger partial charge on any atom is -0.460 e. The summed E-state index contributed by atoms with van der Waals surface area (Å²) in [5, 5.41) is 9.37. The predicted octanol–water partition coefficient (Wildman–Crippen LogP) is 1.89. The maximum atomic E-state index is 8.42. The van der Waals surface area contributed by atoms with Crippen molar-refractivity contribution in [3.8, 4) is 6.07 Å². The fourth-order valence-electron chi connectivity index (χ4n) is 1.10. The van der Waals surface area contributed by atoms with Gasteiger partial charge in [-0.3, -0.25) is 4.98 Å². The quantitative estimate of drug-likeness (QED) is 0.636. The van der Waals surface area contributed by atoms with Crippen molar-refractivity contribution in [2.24, 2.45) is 0 Å². The van der Waals surface area contributed by atoms with Crippen molar-refractivity contribution in [1.29, 1.82) is 5.26 Å². The minimum absolute atomic E-state index is 0.314. The zero-order valence-corrected chi connectivity index (χ0v) is 6.32. The maximum Gasteiger partial charge on any atom is 0.137 e. The van der Waals surface area contributed by atoms with Gasteiger partial charge in [-0.2, -0.15) is 5.26 Å². The Bertz CT molecular complexity index is 406. The molecule has 0 saturated carbocycles. The number of fused-ring (bicyclic) bond motifs is 1. The average molecular weight is 158 g/mol. The molecule has 0 aliphatic carbocycles. The Labute approximate surface area is 69.2 Å². The van der Waals surface area contributed by atoms with E-state index >= 15 is 0 Å². The summed E-state index contributed by atoms with van der Waals surface area (Å²) in [5.74, 6) is 0.695. The van der Waals surface area contributed by atoms with Crippen LogP contribution < -0.4 is 0 Å². The molecule has 0 saturated heterocycles. The van der Waals surface area contributed by atoms with E-state index in [0.717, 1.165) is 11.0 Å². The zero-order chi connectivity index (χ0) is 8.39. The smallest absolute Gasteiger partial charge is 0.137 e. The molecule has 2 rings (SSSR count). The number of furan rings is 1. The van der Waals surface area contributed by atoms with E-state index < -0.39 is 0 Å². The van der Waals surface area contributed by atoms with Gasteiger partial charge in [0.2, 0.25) is 0 Å². The summed E-state index contributed by atoms with van der Waals surface area (Å²) in [6.45, 7) is 0. The summed E-state index contributed by atoms with van der Waals surface area (Å²) < 4.78 is 5.35. The highest BCUT2D eigenvalue weighted by atomic mass is 16.3. The van der Waals surface area contributed by atoms with Gasteiger partial charge in [0.15, 0.2) is 0 Å². The number of hydrogen-bond acceptors (Lipinski definition) is 3. The highest BCUT2D eigenvalue weighted by Crippen LogP contribution is 2.17. The molecule has 0 aliphatic rings. The molecule has 0 spiro atoms. The van der Waals surface area contributed by atoms with Crippen molar-refractivity contribution in [2.45, 2.75) is 6.42 Å². The van der Waals surface area contributed by atoms with Gasteiger partial charge in [-0.15, -0.1) is 0 Å². The molecule has 0 N–H and O–H groups in total. The zero-order valence-electron chi connectivity index (χ0n) is 6.32. The highest BCUT2D eigenvalue weighted by molar-refractivity contribution is 5.76. The Morgan fingerprint density at radius 2 is 2.50 bits per heavy atom. The fraction of sp³-hybridized carbons (Fsp3) is 0.111. The molecule has 0 amide bonds. The average Bonchev–Trinajstić information content (AvgIpc) is 2.47. The van der Waals surface area contributed by atoms with Crippen molar-refractivity contribution < 1.29 is 4.42 Å². The Hall–Kier alpha value is -1.82. The van der Waals surface area contributed by atoms with Crippen LogP contribution in [0.25, 0.3) is 11.0 Å². The highest BCUT2D eigenvalue weighted by Gasteiger charge is 2.01. The monoisotopic (exact) mass is 158 g/mol. The van der Waals surface area contributed by atoms with Gasteiger partial charge in [0, 0.05) is 17.8 Å². The molecule has 3 nitrogen and oxygen atoms in total. The van der Waals surface area contributed by atoms with Crippen LogP contribution in [0.15, 0.2) is 28.9 Å². The topological polar surface area (TPSA) is 49.8 Å². The number of nitrogens with zero attached hydrogens (tertiary/aromatic N) is 2. The lowest BCUT2D eigenvalue weighted by atomic mass is 10.3. The molecule has 0 radical (unpaired) electrons. The summed E-state index contributed by atoms with van der Waals surface area (Å²) in [6, 6.07) is 5.66. The lowest BCUT2D eigenvalue weighted by Crippen LogP contribution is -1.71. The summed E-state index contributed by atoms with van der Waals surface area (Å²) in [5.41, 5.74) is 0.787. The van der Waals surface area contributed by atoms with Crippen LogP contribution in [0.3, 0.4) is 0 Å². The molecule has 12 heavy (non-hydrogen) atoms. The standard InChI is InChI=1S/C9H6N2O/c10-3-1-8-5-7-6-11-4-2-9(7)12-8/h2,4-6H,1H2. The second-order valence-corrected chi connectivity index (χ2v) is 2.46. The Balaban J connectivity index is 2.56. The van der Waals surface area contributed by atoms with E-state index in [9.17, 15) is 0 Å². The van der Waals surface area contributed by atoms with E-state index in [-0.39, 0.29) is 0 Å². The minimum atomic E-state index is 0.314. The molecule has 0 aromatic carbocycles. The van der Waals surface area contributed by atoms with Gasteiger partial charge in [0.05, 0.1) is 12.5 Å². The van der Waals surface area contributed by atoms with E-state index in [1.54, 1.807) is 18.5 Å². The molecule has 0 unspecified atom stereocenters. The Morgan fingerprint density at radius 3 is 3.25 bits per heavy atom. The van der Waals surface area contributed by atoms with Crippen LogP contribution in [0.5, 0.6) is 0 Å². The first kappa shape index (κ1) is 6.86. The van der Waals surface area contributed by atoms with Crippen LogP contribution in [-0.2, 0) is 6.42 Å². The molecule has 0 aliphatic heterocycles. The Kier molecular flexibility index (Phi) is 1.52. The van der Waals surface area contributed by atoms with Crippen molar-refractivity contribution in [1.82, 2.24) is 4.98 Å². The van der Waals surface area contributed by atoms with Crippen LogP contribution in [0.4, 0.5) is 0 Å². The molecular formula is C9H6N2O. The van der Waals surface area contributed by atoms with Gasteiger partial charge in [0.25, 0.3) is 0 Å². The fourth-order valence-corrected chi connectivity index (χ4v) is 1.10. The maximum absolute atomic E-state index is 8.42. The van der Waals surface area contributed by atoms with Crippen LogP contribution >= 0.6 is 0 Å². The van der Waals surface area contributed by atoms with Crippen molar-refractivity contribution >= 4 is 11.0 Å². The van der Waals surface area contributed by atoms with Crippen molar-refractivity contribution in [3.05, 3.63) is 30.3 Å². The molecule has 0 bridgehead atoms. The van der Waals surface area contributed by atoms with Crippen LogP contribution in [0.1, 0.15) is 5.76 Å². The summed E-state index contributed by atoms with van der Waals surface area (Å²) >= 11 is 0. The van der Waals surface area contributed by atoms with E-state index in [0.29, 0.717) is 12.2 Å². The molecule has 3 heteroatoms. The van der Waals surface area contributed by atoms with E-state index in [2.05, 4.69) is 4.98 Å². The van der Waals surface area contributed by atoms with Crippen LogP contribution in [0.2, 0.25) is 0 Å². The third kappa shape index (κ3) is 1.04. The largest absolute Gasteiger partial charge is 0.460 e. The molecule has 2 aromatic rings. The van der Waals surface area contributed by atoms with E-state index in [1.165, 1.54) is 0 Å². The molecule has 58 valence electrons. The van der Waals surface area contributed by atoms with E-state index in [4.69, 9.17) is 9.68 Å². The summed E-state index contributed by atoms with van der Waals surface area (Å²) in [7, 11) is 0. The number of pyridine rings is 1. The molecule has 2 aromatic heterocycles. The Morgan fingerprint density at radius 1 is 1.58 bits per heavy atom. The van der Waals surface area contributed by atoms with Gasteiger partial charge < -0.3 is 4.42 Å². The number of hydrogen-bond donors (Lipinski definition) is 0. The van der Waals surface area contributed by atoms with Crippen LogP contribution in [-0.4, -0.2) is 4.98 Å². The number of rotatable bonds is 1. The molecule has 2 heterocycles. The van der Waals surface area contributed by atoms with Crippen LogP contribution in [0, 0.1) is 11.3 Å². The van der Waals surface area contributed by atoms with Gasteiger partial charge in [-0.05, 0) is 12.1 Å². The third-order valence-corrected chi connectivity index (χ3v) is 1.62. The molecule has 0 fully saturated rings. The third-order valence-electron chi connectivity index (χ3n) is 1.62. The second-order valence-electron chi connectivity index (χ2n) is 2.46. The van der Waals surface area contributed by atoms with Crippen molar-refractivity contribution in [2.75, 3.05) is 0 Å². The number of nitriles is 1. The summed E-state index contributed by atoms with van der Waals surface area (Å²) in [4.78, 5) is 3.94. The van der Waals surface area contributed by atoms with Gasteiger partial charge >= 0.3 is 0 Å². The first-order valence-electron chi connectivity index (χ1n) is 3.59. The van der Waals surface area contributed by atoms with Gasteiger partial charge in [-0.25, -0.2) is 0 Å². The number of aromatic nitrogens is 1. The summed E-state index contributed by atoms with van der Waals surface area (Å²) in [6.07, 6.45) is 3.70.